The van der Waals surface area contributed by atoms with Crippen LogP contribution in [0.3, 0.4) is 0 Å². The third-order valence-corrected chi connectivity index (χ3v) is 5.50. The highest BCUT2D eigenvalue weighted by Gasteiger charge is 2.47. The number of benzene rings is 1. The molecule has 24 heavy (non-hydrogen) atoms. The molecule has 2 aliphatic heterocycles. The molecule has 0 amide bonds. The molecule has 0 bridgehead atoms. The second-order valence-electron chi connectivity index (χ2n) is 7.70. The van der Waals surface area contributed by atoms with Gasteiger partial charge < -0.3 is 15.2 Å². The van der Waals surface area contributed by atoms with E-state index in [0.717, 1.165) is 31.9 Å². The molecule has 0 aromatic heterocycles. The summed E-state index contributed by atoms with van der Waals surface area (Å²) in [6, 6.07) is 9.75. The fourth-order valence-corrected chi connectivity index (χ4v) is 4.07. The molecule has 2 N–H and O–H groups in total. The maximum Gasteiger partial charge on any atom is 0.119 e. The number of rotatable bonds is 6. The number of nitrogens with zero attached hydrogens (tertiary/aromatic N) is 2. The van der Waals surface area contributed by atoms with Gasteiger partial charge in [-0.15, -0.1) is 0 Å². The minimum atomic E-state index is -0.0750. The summed E-state index contributed by atoms with van der Waals surface area (Å²) in [4.78, 5) is 2.47. The maximum atomic E-state index is 9.65. The van der Waals surface area contributed by atoms with Crippen molar-refractivity contribution in [3.63, 3.8) is 0 Å². The lowest BCUT2D eigenvalue weighted by molar-refractivity contribution is 0.1000. The molecule has 1 aromatic carbocycles. The Morgan fingerprint density at radius 2 is 2.08 bits per heavy atom. The summed E-state index contributed by atoms with van der Waals surface area (Å²) in [6.45, 7) is 9.30. The SMILES string of the molecule is CC(C)(CO)C1NCC2CN(CCOc3ccc(C#N)cc3)CC21. The molecule has 0 spiro atoms. The third kappa shape index (κ3) is 3.56. The van der Waals surface area contributed by atoms with E-state index < -0.39 is 0 Å². The van der Waals surface area contributed by atoms with Gasteiger partial charge in [-0.25, -0.2) is 0 Å². The number of fused-ring (bicyclic) bond motifs is 1. The standard InChI is InChI=1S/C19H27N3O2/c1-19(2,13-23)18-17-12-22(11-15(17)10-21-18)7-8-24-16-5-3-14(9-20)4-6-16/h3-6,15,17-18,21,23H,7-8,10-13H2,1-2H3. The average Bonchev–Trinajstić information content (AvgIpc) is 3.15. The number of nitrogens with one attached hydrogen (secondary N) is 1. The van der Waals surface area contributed by atoms with Gasteiger partial charge in [0.15, 0.2) is 0 Å². The smallest absolute Gasteiger partial charge is 0.119 e. The van der Waals surface area contributed by atoms with Crippen LogP contribution >= 0.6 is 0 Å². The Kier molecular flexibility index (Phi) is 5.09. The molecule has 3 atom stereocenters. The summed E-state index contributed by atoms with van der Waals surface area (Å²) in [7, 11) is 0. The van der Waals surface area contributed by atoms with Crippen LogP contribution in [0.1, 0.15) is 19.4 Å². The summed E-state index contributed by atoms with van der Waals surface area (Å²) >= 11 is 0. The molecule has 5 heteroatoms. The normalized spacial score (nSPS) is 27.0. The summed E-state index contributed by atoms with van der Waals surface area (Å²) in [6.07, 6.45) is 0. The van der Waals surface area contributed by atoms with Gasteiger partial charge in [0.1, 0.15) is 12.4 Å². The summed E-state index contributed by atoms with van der Waals surface area (Å²) in [5.74, 6) is 2.10. The topological polar surface area (TPSA) is 68.5 Å². The maximum absolute atomic E-state index is 9.65. The highest BCUT2D eigenvalue weighted by atomic mass is 16.5. The molecule has 2 saturated heterocycles. The van der Waals surface area contributed by atoms with Crippen LogP contribution in [0, 0.1) is 28.6 Å². The van der Waals surface area contributed by atoms with Crippen LogP contribution in [0.4, 0.5) is 0 Å². The molecular weight excluding hydrogens is 302 g/mol. The first kappa shape index (κ1) is 17.2. The fourth-order valence-electron chi connectivity index (χ4n) is 4.07. The Morgan fingerprint density at radius 3 is 2.75 bits per heavy atom. The van der Waals surface area contributed by atoms with E-state index in [1.165, 1.54) is 0 Å². The Labute approximate surface area is 144 Å². The number of hydrogen-bond acceptors (Lipinski definition) is 5. The van der Waals surface area contributed by atoms with Crippen LogP contribution in [0.15, 0.2) is 24.3 Å². The van der Waals surface area contributed by atoms with Crippen molar-refractivity contribution in [1.29, 1.82) is 5.26 Å². The molecule has 2 heterocycles. The van der Waals surface area contributed by atoms with E-state index in [1.807, 2.05) is 12.1 Å². The monoisotopic (exact) mass is 329 g/mol. The minimum absolute atomic E-state index is 0.0750. The van der Waals surface area contributed by atoms with Gasteiger partial charge in [-0.2, -0.15) is 5.26 Å². The van der Waals surface area contributed by atoms with E-state index in [4.69, 9.17) is 10.00 Å². The van der Waals surface area contributed by atoms with Crippen molar-refractivity contribution in [3.05, 3.63) is 29.8 Å². The van der Waals surface area contributed by atoms with Crippen molar-refractivity contribution < 1.29 is 9.84 Å². The fraction of sp³-hybridized carbons (Fsp3) is 0.632. The molecule has 0 radical (unpaired) electrons. The summed E-state index contributed by atoms with van der Waals surface area (Å²) < 4.78 is 5.80. The molecule has 2 fully saturated rings. The van der Waals surface area contributed by atoms with E-state index in [0.29, 0.717) is 30.0 Å². The van der Waals surface area contributed by atoms with Crippen molar-refractivity contribution >= 4 is 0 Å². The van der Waals surface area contributed by atoms with Crippen LogP contribution < -0.4 is 10.1 Å². The van der Waals surface area contributed by atoms with Gasteiger partial charge in [-0.3, -0.25) is 4.90 Å². The Hall–Kier alpha value is -1.61. The molecule has 2 aliphatic rings. The first-order valence-electron chi connectivity index (χ1n) is 8.73. The van der Waals surface area contributed by atoms with Crippen LogP contribution in [0.2, 0.25) is 0 Å². The molecule has 1 aromatic rings. The van der Waals surface area contributed by atoms with E-state index >= 15 is 0 Å². The van der Waals surface area contributed by atoms with Gasteiger partial charge in [0.25, 0.3) is 0 Å². The number of aliphatic hydroxyl groups is 1. The molecule has 0 aliphatic carbocycles. The number of hydrogen-bond donors (Lipinski definition) is 2. The van der Waals surface area contributed by atoms with Crippen molar-refractivity contribution in [2.75, 3.05) is 39.4 Å². The lowest BCUT2D eigenvalue weighted by atomic mass is 9.77. The highest BCUT2D eigenvalue weighted by Crippen LogP contribution is 2.38. The minimum Gasteiger partial charge on any atom is -0.492 e. The number of nitriles is 1. The zero-order chi connectivity index (χ0) is 17.2. The largest absolute Gasteiger partial charge is 0.492 e. The second-order valence-corrected chi connectivity index (χ2v) is 7.70. The number of ether oxygens (including phenoxy) is 1. The second kappa shape index (κ2) is 7.10. The van der Waals surface area contributed by atoms with Crippen molar-refractivity contribution in [1.82, 2.24) is 10.2 Å². The third-order valence-electron chi connectivity index (χ3n) is 5.50. The lowest BCUT2D eigenvalue weighted by Crippen LogP contribution is -2.45. The number of aliphatic hydroxyl groups excluding tert-OH is 1. The lowest BCUT2D eigenvalue weighted by Gasteiger charge is -2.34. The predicted octanol–water partition coefficient (Wildman–Crippen LogP) is 1.48. The molecule has 3 rings (SSSR count). The van der Waals surface area contributed by atoms with E-state index in [9.17, 15) is 5.11 Å². The zero-order valence-electron chi connectivity index (χ0n) is 14.5. The van der Waals surface area contributed by atoms with E-state index in [2.05, 4.69) is 30.1 Å². The Morgan fingerprint density at radius 1 is 1.33 bits per heavy atom. The van der Waals surface area contributed by atoms with Gasteiger partial charge >= 0.3 is 0 Å². The Balaban J connectivity index is 1.47. The highest BCUT2D eigenvalue weighted by molar-refractivity contribution is 5.34. The summed E-state index contributed by atoms with van der Waals surface area (Å²) in [5.41, 5.74) is 0.578. The van der Waals surface area contributed by atoms with Gasteiger partial charge in [-0.05, 0) is 42.6 Å². The first-order valence-corrected chi connectivity index (χ1v) is 8.73. The number of likely N-dealkylation sites (tertiary alicyclic amines) is 1. The molecule has 3 unspecified atom stereocenters. The van der Waals surface area contributed by atoms with Crippen LogP contribution in [-0.2, 0) is 0 Å². The molecule has 0 saturated carbocycles. The first-order chi connectivity index (χ1) is 11.5. The van der Waals surface area contributed by atoms with E-state index in [-0.39, 0.29) is 12.0 Å². The van der Waals surface area contributed by atoms with Gasteiger partial charge in [0.05, 0.1) is 11.6 Å². The van der Waals surface area contributed by atoms with Crippen LogP contribution in [0.5, 0.6) is 5.75 Å². The Bertz CT molecular complexity index is 594. The van der Waals surface area contributed by atoms with Gasteiger partial charge in [0.2, 0.25) is 0 Å². The van der Waals surface area contributed by atoms with Crippen LogP contribution in [-0.4, -0.2) is 55.4 Å². The van der Waals surface area contributed by atoms with Gasteiger partial charge in [-0.1, -0.05) is 13.8 Å². The van der Waals surface area contributed by atoms with E-state index in [1.54, 1.807) is 12.1 Å². The average molecular weight is 329 g/mol. The van der Waals surface area contributed by atoms with Crippen molar-refractivity contribution in [3.8, 4) is 11.8 Å². The summed E-state index contributed by atoms with van der Waals surface area (Å²) in [5, 5.41) is 22.1. The van der Waals surface area contributed by atoms with Crippen LogP contribution in [0.25, 0.3) is 0 Å². The van der Waals surface area contributed by atoms with Crippen molar-refractivity contribution in [2.45, 2.75) is 19.9 Å². The predicted molar refractivity (Wildman–Crippen MR) is 92.7 cm³/mol. The molecule has 130 valence electrons. The molecular formula is C19H27N3O2. The van der Waals surface area contributed by atoms with Crippen molar-refractivity contribution in [2.24, 2.45) is 17.3 Å². The quantitative estimate of drug-likeness (QED) is 0.827. The zero-order valence-corrected chi connectivity index (χ0v) is 14.5. The van der Waals surface area contributed by atoms with Gasteiger partial charge in [0, 0.05) is 37.7 Å². The molecule has 5 nitrogen and oxygen atoms in total.